The molecule has 3 heterocycles. The molecular weight excluding hydrogens is 791 g/mol. The molecule has 0 bridgehead atoms. The van der Waals surface area contributed by atoms with E-state index in [0.717, 1.165) is 17.1 Å². The zero-order chi connectivity index (χ0) is 42.2. The predicted octanol–water partition coefficient (Wildman–Crippen LogP) is 12.4. The lowest BCUT2D eigenvalue weighted by Gasteiger charge is -2.35. The van der Waals surface area contributed by atoms with Crippen molar-refractivity contribution in [3.63, 3.8) is 0 Å². The molecule has 64 heavy (non-hydrogen) atoms. The van der Waals surface area contributed by atoms with E-state index in [9.17, 15) is 0 Å². The summed E-state index contributed by atoms with van der Waals surface area (Å²) in [5, 5.41) is 12.9. The zero-order valence-corrected chi connectivity index (χ0v) is 36.0. The number of hydrogen-bond donors (Lipinski definition) is 0. The highest BCUT2D eigenvalue weighted by Gasteiger charge is 2.42. The molecule has 300 valence electrons. The fraction of sp³-hybridized carbons (Fsp3) is 0. The maximum Gasteiger partial charge on any atom is 0.179 e. The van der Waals surface area contributed by atoms with Gasteiger partial charge >= 0.3 is 0 Å². The number of hydrogen-bond acceptors (Lipinski definition) is 0. The third-order valence-electron chi connectivity index (χ3n) is 13.6. The van der Waals surface area contributed by atoms with Gasteiger partial charge in [-0.15, -0.1) is 0 Å². The first-order valence-corrected chi connectivity index (χ1v) is 24.1. The van der Waals surface area contributed by atoms with Gasteiger partial charge in [-0.2, -0.15) is 0 Å². The van der Waals surface area contributed by atoms with Crippen molar-refractivity contribution in [2.24, 2.45) is 0 Å². The van der Waals surface area contributed by atoms with Gasteiger partial charge in [0.1, 0.15) is 0 Å². The summed E-state index contributed by atoms with van der Waals surface area (Å²) in [7, 11) is -3.04. The van der Waals surface area contributed by atoms with E-state index in [0.29, 0.717) is 0 Å². The maximum atomic E-state index is 2.55. The highest BCUT2D eigenvalue weighted by Crippen LogP contribution is 2.42. The van der Waals surface area contributed by atoms with Crippen LogP contribution in [-0.4, -0.2) is 21.8 Å². The summed E-state index contributed by atoms with van der Waals surface area (Å²) in [5.41, 5.74) is 10.7. The van der Waals surface area contributed by atoms with E-state index in [-0.39, 0.29) is 0 Å². The molecule has 0 fully saturated rings. The molecule has 3 nitrogen and oxygen atoms in total. The first kappa shape index (κ1) is 36.5. The van der Waals surface area contributed by atoms with Gasteiger partial charge in [0.2, 0.25) is 0 Å². The van der Waals surface area contributed by atoms with Crippen LogP contribution in [-0.2, 0) is 0 Å². The van der Waals surface area contributed by atoms with E-state index in [4.69, 9.17) is 0 Å². The fourth-order valence-corrected chi connectivity index (χ4v) is 15.7. The van der Waals surface area contributed by atoms with Crippen LogP contribution < -0.4 is 20.7 Å². The minimum atomic E-state index is -3.04. The van der Waals surface area contributed by atoms with Crippen molar-refractivity contribution < 1.29 is 0 Å². The van der Waals surface area contributed by atoms with Gasteiger partial charge in [-0.3, -0.25) is 0 Å². The van der Waals surface area contributed by atoms with Crippen LogP contribution in [0.5, 0.6) is 0 Å². The molecule has 13 aromatic rings. The van der Waals surface area contributed by atoms with Gasteiger partial charge in [0.15, 0.2) is 8.07 Å². The number of nitrogens with zero attached hydrogens (tertiary/aromatic N) is 3. The molecule has 4 heteroatoms. The second-order valence-electron chi connectivity index (χ2n) is 16.8. The first-order chi connectivity index (χ1) is 31.8. The molecule has 0 amide bonds. The van der Waals surface area contributed by atoms with Gasteiger partial charge < -0.3 is 13.7 Å². The molecule has 0 aliphatic rings. The Morgan fingerprint density at radius 1 is 0.234 bits per heavy atom. The molecular formula is C60H41N3Si. The molecule has 0 N–H and O–H groups in total. The summed E-state index contributed by atoms with van der Waals surface area (Å²) in [6.07, 6.45) is 0. The standard InChI is InChI=1S/C60H41N3Si/c1-5-20-42(21-6-1)61-56-35-18-15-32-53(56)59-57(61)39-38-52-50-31-14-17-34-55(50)63(60(52)59)44-24-19-29-47(40-44)64(45-25-9-3-10-26-45,46-27-11-4-12-28-46)48-36-37-51-49-30-13-16-33-54(49)62(58(51)41-48)43-22-7-2-8-23-43/h1-41H. The van der Waals surface area contributed by atoms with Gasteiger partial charge in [0.05, 0.1) is 33.1 Å². The Morgan fingerprint density at radius 3 is 1.28 bits per heavy atom. The van der Waals surface area contributed by atoms with E-state index in [1.807, 2.05) is 0 Å². The van der Waals surface area contributed by atoms with Crippen molar-refractivity contribution in [1.82, 2.24) is 13.7 Å². The summed E-state index contributed by atoms with van der Waals surface area (Å²) in [5.74, 6) is 0. The highest BCUT2D eigenvalue weighted by atomic mass is 28.3. The van der Waals surface area contributed by atoms with Crippen molar-refractivity contribution >= 4 is 94.2 Å². The fourth-order valence-electron chi connectivity index (χ4n) is 10.9. The average Bonchev–Trinajstić information content (AvgIpc) is 4.01. The van der Waals surface area contributed by atoms with Crippen LogP contribution in [0.3, 0.4) is 0 Å². The second-order valence-corrected chi connectivity index (χ2v) is 20.7. The molecule has 10 aromatic carbocycles. The molecule has 3 aromatic heterocycles. The smallest absolute Gasteiger partial charge is 0.179 e. The Balaban J connectivity index is 1.14. The molecule has 0 saturated carbocycles. The largest absolute Gasteiger partial charge is 0.309 e. The number of aromatic nitrogens is 3. The van der Waals surface area contributed by atoms with E-state index >= 15 is 0 Å². The molecule has 0 spiro atoms. The third-order valence-corrected chi connectivity index (χ3v) is 18.3. The number of fused-ring (bicyclic) bond motifs is 10. The Hall–Kier alpha value is -8.18. The number of benzene rings is 10. The van der Waals surface area contributed by atoms with Crippen LogP contribution in [0.1, 0.15) is 0 Å². The van der Waals surface area contributed by atoms with Gasteiger partial charge in [0.25, 0.3) is 0 Å². The summed E-state index contributed by atoms with van der Waals surface area (Å²) in [6, 6.07) is 92.4. The second kappa shape index (κ2) is 14.5. The lowest BCUT2D eigenvalue weighted by atomic mass is 10.1. The number of para-hydroxylation sites is 5. The van der Waals surface area contributed by atoms with Crippen LogP contribution in [0.25, 0.3) is 82.5 Å². The summed E-state index contributed by atoms with van der Waals surface area (Å²) < 4.78 is 7.43. The number of rotatable bonds is 7. The van der Waals surface area contributed by atoms with Crippen LogP contribution in [0.15, 0.2) is 249 Å². The minimum absolute atomic E-state index is 1.15. The molecule has 0 unspecified atom stereocenters. The van der Waals surface area contributed by atoms with Crippen LogP contribution in [0, 0.1) is 0 Å². The van der Waals surface area contributed by atoms with Crippen LogP contribution >= 0.6 is 0 Å². The molecule has 0 atom stereocenters. The highest BCUT2D eigenvalue weighted by molar-refractivity contribution is 7.20. The van der Waals surface area contributed by atoms with E-state index in [1.54, 1.807) is 0 Å². The third kappa shape index (κ3) is 5.27. The van der Waals surface area contributed by atoms with Crippen molar-refractivity contribution in [3.8, 4) is 17.1 Å². The van der Waals surface area contributed by atoms with Crippen molar-refractivity contribution in [2.75, 3.05) is 0 Å². The Morgan fingerprint density at radius 2 is 0.656 bits per heavy atom. The maximum absolute atomic E-state index is 3.04. The van der Waals surface area contributed by atoms with Crippen molar-refractivity contribution in [1.29, 1.82) is 0 Å². The van der Waals surface area contributed by atoms with Crippen LogP contribution in [0.2, 0.25) is 0 Å². The molecule has 0 aliphatic carbocycles. The minimum Gasteiger partial charge on any atom is -0.309 e. The summed E-state index contributed by atoms with van der Waals surface area (Å²) >= 11 is 0. The van der Waals surface area contributed by atoms with E-state index in [1.165, 1.54) is 86.2 Å². The van der Waals surface area contributed by atoms with Gasteiger partial charge in [-0.05, 0) is 87.5 Å². The quantitative estimate of drug-likeness (QED) is 0.112. The Bertz CT molecular complexity index is 3840. The molecule has 13 rings (SSSR count). The predicted molar refractivity (Wildman–Crippen MR) is 273 cm³/mol. The average molecular weight is 832 g/mol. The lowest BCUT2D eigenvalue weighted by Crippen LogP contribution is -2.74. The lowest BCUT2D eigenvalue weighted by molar-refractivity contribution is 1.17. The SMILES string of the molecule is c1ccc(-n2c3ccccc3c3ccc([Si](c4ccccc4)(c4ccccc4)c4cccc(-n5c6ccccc6c6ccc7c(c8ccccc8n7-c7ccccc7)c65)c4)cc32)cc1. The van der Waals surface area contributed by atoms with Gasteiger partial charge in [0, 0.05) is 49.4 Å². The summed E-state index contributed by atoms with van der Waals surface area (Å²) in [4.78, 5) is 0. The van der Waals surface area contributed by atoms with Gasteiger partial charge in [-0.1, -0.05) is 182 Å². The first-order valence-electron chi connectivity index (χ1n) is 22.1. The molecule has 0 saturated heterocycles. The Kier molecular flexibility index (Phi) is 8.23. The normalized spacial score (nSPS) is 12.1. The Labute approximate surface area is 372 Å². The van der Waals surface area contributed by atoms with E-state index in [2.05, 4.69) is 262 Å². The molecule has 0 aliphatic heterocycles. The van der Waals surface area contributed by atoms with E-state index < -0.39 is 8.07 Å². The summed E-state index contributed by atoms with van der Waals surface area (Å²) in [6.45, 7) is 0. The van der Waals surface area contributed by atoms with Crippen LogP contribution in [0.4, 0.5) is 0 Å². The van der Waals surface area contributed by atoms with Crippen molar-refractivity contribution in [3.05, 3.63) is 249 Å². The van der Waals surface area contributed by atoms with Crippen molar-refractivity contribution in [2.45, 2.75) is 0 Å². The van der Waals surface area contributed by atoms with Gasteiger partial charge in [-0.25, -0.2) is 0 Å². The molecule has 0 radical (unpaired) electrons. The monoisotopic (exact) mass is 831 g/mol. The zero-order valence-electron chi connectivity index (χ0n) is 35.0. The topological polar surface area (TPSA) is 14.8 Å².